The zero-order valence-electron chi connectivity index (χ0n) is 13.4. The molecule has 0 radical (unpaired) electrons. The van der Waals surface area contributed by atoms with E-state index in [1.165, 1.54) is 5.56 Å². The van der Waals surface area contributed by atoms with Gasteiger partial charge in [0.25, 0.3) is 0 Å². The molecule has 0 aliphatic heterocycles. The number of benzene rings is 2. The van der Waals surface area contributed by atoms with Gasteiger partial charge in [-0.25, -0.2) is 0 Å². The molecular formula is C20H20N2O. The molecule has 0 atom stereocenters. The first-order valence-electron chi connectivity index (χ1n) is 7.65. The standard InChI is InChI=1S/C20H20N2O/c1-14-3-7-16(8-4-14)20(23)19-12-11-18(22(19)2)13-15-5-9-17(21)10-6-15/h3-12H,13,21H2,1-2H3. The molecule has 1 aromatic heterocycles. The maximum atomic E-state index is 12.7. The number of nitrogens with zero attached hydrogens (tertiary/aromatic N) is 1. The van der Waals surface area contributed by atoms with Crippen LogP contribution in [0.1, 0.15) is 32.9 Å². The summed E-state index contributed by atoms with van der Waals surface area (Å²) in [7, 11) is 1.94. The molecule has 3 rings (SSSR count). The lowest BCUT2D eigenvalue weighted by molar-refractivity contribution is 0.103. The summed E-state index contributed by atoms with van der Waals surface area (Å²) >= 11 is 0. The molecule has 0 unspecified atom stereocenters. The van der Waals surface area contributed by atoms with Gasteiger partial charge in [0.2, 0.25) is 5.78 Å². The Morgan fingerprint density at radius 2 is 1.61 bits per heavy atom. The second-order valence-corrected chi connectivity index (χ2v) is 5.88. The van der Waals surface area contributed by atoms with Crippen LogP contribution in [0.25, 0.3) is 0 Å². The van der Waals surface area contributed by atoms with Gasteiger partial charge >= 0.3 is 0 Å². The van der Waals surface area contributed by atoms with Gasteiger partial charge in [0, 0.05) is 30.4 Å². The highest BCUT2D eigenvalue weighted by molar-refractivity contribution is 6.08. The van der Waals surface area contributed by atoms with Crippen molar-refractivity contribution < 1.29 is 4.79 Å². The Hall–Kier alpha value is -2.81. The summed E-state index contributed by atoms with van der Waals surface area (Å²) in [5.41, 5.74) is 11.3. The average Bonchev–Trinajstić information content (AvgIpc) is 2.90. The number of hydrogen-bond donors (Lipinski definition) is 1. The van der Waals surface area contributed by atoms with Crippen LogP contribution in [0, 0.1) is 6.92 Å². The fourth-order valence-electron chi connectivity index (χ4n) is 2.66. The van der Waals surface area contributed by atoms with Crippen molar-refractivity contribution in [2.75, 3.05) is 5.73 Å². The third-order valence-corrected chi connectivity index (χ3v) is 4.14. The molecule has 2 N–H and O–H groups in total. The van der Waals surface area contributed by atoms with E-state index in [4.69, 9.17) is 5.73 Å². The van der Waals surface area contributed by atoms with Crippen molar-refractivity contribution in [1.82, 2.24) is 4.57 Å². The van der Waals surface area contributed by atoms with Crippen molar-refractivity contribution >= 4 is 11.5 Å². The lowest BCUT2D eigenvalue weighted by Crippen LogP contribution is -2.09. The molecule has 0 amide bonds. The van der Waals surface area contributed by atoms with E-state index >= 15 is 0 Å². The minimum Gasteiger partial charge on any atom is -0.399 e. The summed E-state index contributed by atoms with van der Waals surface area (Å²) in [4.78, 5) is 12.7. The van der Waals surface area contributed by atoms with Crippen molar-refractivity contribution in [1.29, 1.82) is 0 Å². The highest BCUT2D eigenvalue weighted by Crippen LogP contribution is 2.17. The van der Waals surface area contributed by atoms with E-state index in [-0.39, 0.29) is 5.78 Å². The van der Waals surface area contributed by atoms with Crippen LogP contribution in [0.5, 0.6) is 0 Å². The van der Waals surface area contributed by atoms with Gasteiger partial charge in [0.05, 0.1) is 5.69 Å². The van der Waals surface area contributed by atoms with Gasteiger partial charge in [0.15, 0.2) is 0 Å². The van der Waals surface area contributed by atoms with Gasteiger partial charge in [0.1, 0.15) is 0 Å². The van der Waals surface area contributed by atoms with Crippen molar-refractivity contribution in [3.63, 3.8) is 0 Å². The van der Waals surface area contributed by atoms with Crippen molar-refractivity contribution in [3.05, 3.63) is 88.7 Å². The van der Waals surface area contributed by atoms with E-state index in [1.54, 1.807) is 0 Å². The van der Waals surface area contributed by atoms with Gasteiger partial charge in [-0.3, -0.25) is 4.79 Å². The predicted molar refractivity (Wildman–Crippen MR) is 93.7 cm³/mol. The lowest BCUT2D eigenvalue weighted by atomic mass is 10.1. The Labute approximate surface area is 136 Å². The average molecular weight is 304 g/mol. The molecule has 0 fully saturated rings. The molecule has 0 saturated carbocycles. The zero-order chi connectivity index (χ0) is 16.4. The minimum atomic E-state index is 0.0519. The van der Waals surface area contributed by atoms with Gasteiger partial charge < -0.3 is 10.3 Å². The Bertz CT molecular complexity index is 827. The number of aryl methyl sites for hydroxylation is 1. The monoisotopic (exact) mass is 304 g/mol. The second-order valence-electron chi connectivity index (χ2n) is 5.88. The van der Waals surface area contributed by atoms with Crippen LogP contribution in [-0.4, -0.2) is 10.4 Å². The van der Waals surface area contributed by atoms with Gasteiger partial charge in [-0.15, -0.1) is 0 Å². The third kappa shape index (κ3) is 3.19. The Morgan fingerprint density at radius 3 is 2.26 bits per heavy atom. The SMILES string of the molecule is Cc1ccc(C(=O)c2ccc(Cc3ccc(N)cc3)n2C)cc1. The summed E-state index contributed by atoms with van der Waals surface area (Å²) in [6.45, 7) is 2.02. The number of aromatic nitrogens is 1. The number of carbonyl (C=O) groups is 1. The maximum Gasteiger partial charge on any atom is 0.209 e. The number of nitrogens with two attached hydrogens (primary N) is 1. The zero-order valence-corrected chi connectivity index (χ0v) is 13.4. The molecule has 2 aromatic carbocycles. The van der Waals surface area contributed by atoms with Gasteiger partial charge in [-0.1, -0.05) is 42.0 Å². The van der Waals surface area contributed by atoms with Crippen LogP contribution < -0.4 is 5.73 Å². The van der Waals surface area contributed by atoms with Crippen molar-refractivity contribution in [3.8, 4) is 0 Å². The fourth-order valence-corrected chi connectivity index (χ4v) is 2.66. The topological polar surface area (TPSA) is 48.0 Å². The molecule has 0 aliphatic rings. The van der Waals surface area contributed by atoms with Crippen LogP contribution in [-0.2, 0) is 13.5 Å². The first-order chi connectivity index (χ1) is 11.0. The van der Waals surface area contributed by atoms with Crippen LogP contribution in [0.4, 0.5) is 5.69 Å². The minimum absolute atomic E-state index is 0.0519. The van der Waals surface area contributed by atoms with E-state index in [9.17, 15) is 4.79 Å². The van der Waals surface area contributed by atoms with Crippen LogP contribution >= 0.6 is 0 Å². The largest absolute Gasteiger partial charge is 0.399 e. The molecule has 116 valence electrons. The molecule has 0 saturated heterocycles. The summed E-state index contributed by atoms with van der Waals surface area (Å²) in [6.07, 6.45) is 0.776. The van der Waals surface area contributed by atoms with E-state index in [1.807, 2.05) is 79.2 Å². The first kappa shape index (κ1) is 15.1. The Kier molecular flexibility index (Phi) is 4.02. The van der Waals surface area contributed by atoms with Crippen LogP contribution in [0.15, 0.2) is 60.7 Å². The quantitative estimate of drug-likeness (QED) is 0.589. The van der Waals surface area contributed by atoms with Crippen molar-refractivity contribution in [2.24, 2.45) is 7.05 Å². The molecule has 3 nitrogen and oxygen atoms in total. The Morgan fingerprint density at radius 1 is 0.957 bits per heavy atom. The molecule has 3 aromatic rings. The molecule has 0 bridgehead atoms. The van der Waals surface area contributed by atoms with E-state index in [2.05, 4.69) is 0 Å². The van der Waals surface area contributed by atoms with Gasteiger partial charge in [-0.2, -0.15) is 0 Å². The normalized spacial score (nSPS) is 10.7. The third-order valence-electron chi connectivity index (χ3n) is 4.14. The Balaban J connectivity index is 1.85. The van der Waals surface area contributed by atoms with E-state index < -0.39 is 0 Å². The molecule has 0 aliphatic carbocycles. The molecule has 0 spiro atoms. The fraction of sp³-hybridized carbons (Fsp3) is 0.150. The molecular weight excluding hydrogens is 284 g/mol. The molecule has 1 heterocycles. The number of carbonyl (C=O) groups excluding carboxylic acids is 1. The van der Waals surface area contributed by atoms with E-state index in [0.29, 0.717) is 5.69 Å². The summed E-state index contributed by atoms with van der Waals surface area (Å²) in [6, 6.07) is 19.4. The summed E-state index contributed by atoms with van der Waals surface area (Å²) < 4.78 is 1.97. The van der Waals surface area contributed by atoms with E-state index in [0.717, 1.165) is 28.9 Å². The van der Waals surface area contributed by atoms with Crippen LogP contribution in [0.3, 0.4) is 0 Å². The van der Waals surface area contributed by atoms with Crippen molar-refractivity contribution in [2.45, 2.75) is 13.3 Å². The highest BCUT2D eigenvalue weighted by atomic mass is 16.1. The smallest absolute Gasteiger partial charge is 0.209 e. The molecule has 3 heteroatoms. The lowest BCUT2D eigenvalue weighted by Gasteiger charge is -2.08. The predicted octanol–water partition coefficient (Wildman–Crippen LogP) is 3.74. The van der Waals surface area contributed by atoms with Gasteiger partial charge in [-0.05, 0) is 36.8 Å². The van der Waals surface area contributed by atoms with Crippen LogP contribution in [0.2, 0.25) is 0 Å². The molecule has 23 heavy (non-hydrogen) atoms. The number of ketones is 1. The maximum absolute atomic E-state index is 12.7. The summed E-state index contributed by atoms with van der Waals surface area (Å²) in [5.74, 6) is 0.0519. The number of anilines is 1. The first-order valence-corrected chi connectivity index (χ1v) is 7.65. The second kappa shape index (κ2) is 6.13. The summed E-state index contributed by atoms with van der Waals surface area (Å²) in [5, 5.41) is 0. The number of hydrogen-bond acceptors (Lipinski definition) is 2. The highest BCUT2D eigenvalue weighted by Gasteiger charge is 2.14. The number of rotatable bonds is 4. The number of nitrogen functional groups attached to an aromatic ring is 1.